The van der Waals surface area contributed by atoms with E-state index in [4.69, 9.17) is 16.3 Å². The molecule has 31 heavy (non-hydrogen) atoms. The zero-order valence-electron chi connectivity index (χ0n) is 16.6. The van der Waals surface area contributed by atoms with Crippen LogP contribution in [0.15, 0.2) is 89.1 Å². The number of nitrogens with zero attached hydrogens (tertiary/aromatic N) is 2. The maximum absolute atomic E-state index is 12.3. The van der Waals surface area contributed by atoms with Gasteiger partial charge >= 0.3 is 0 Å². The number of nitrogens with one attached hydrogen (secondary N) is 1. The van der Waals surface area contributed by atoms with Gasteiger partial charge in [-0.3, -0.25) is 4.79 Å². The number of benzene rings is 3. The van der Waals surface area contributed by atoms with Crippen molar-refractivity contribution in [2.45, 2.75) is 18.3 Å². The van der Waals surface area contributed by atoms with E-state index in [0.717, 1.165) is 22.4 Å². The van der Waals surface area contributed by atoms with Gasteiger partial charge in [-0.05, 0) is 41.8 Å². The lowest BCUT2D eigenvalue weighted by atomic mass is 10.1. The molecule has 0 bridgehead atoms. The third kappa shape index (κ3) is 5.96. The highest BCUT2D eigenvalue weighted by atomic mass is 35.5. The Morgan fingerprint density at radius 3 is 2.61 bits per heavy atom. The van der Waals surface area contributed by atoms with Gasteiger partial charge in [-0.2, -0.15) is 5.10 Å². The number of carbonyl (C=O) groups is 1. The Labute approximate surface area is 190 Å². The summed E-state index contributed by atoms with van der Waals surface area (Å²) in [7, 11) is 0. The predicted molar refractivity (Wildman–Crippen MR) is 127 cm³/mol. The summed E-state index contributed by atoms with van der Waals surface area (Å²) in [4.78, 5) is 12.3. The van der Waals surface area contributed by atoms with Crippen molar-refractivity contribution < 1.29 is 9.53 Å². The number of carbonyl (C=O) groups excluding carboxylic acids is 1. The first-order valence-corrected chi connectivity index (χ1v) is 11.0. The van der Waals surface area contributed by atoms with E-state index in [9.17, 15) is 4.79 Å². The number of ether oxygens (including phenoxy) is 1. The molecular formula is C24H20ClN3O2S. The number of hydrogen-bond donors (Lipinski definition) is 1. The lowest BCUT2D eigenvalue weighted by molar-refractivity contribution is -0.118. The largest absolute Gasteiger partial charge is 0.488 e. The van der Waals surface area contributed by atoms with Crippen molar-refractivity contribution in [3.05, 3.63) is 101 Å². The Morgan fingerprint density at radius 2 is 1.77 bits per heavy atom. The normalized spacial score (nSPS) is 17.3. The Balaban J connectivity index is 1.38. The molecule has 4 rings (SSSR count). The SMILES string of the molecule is O=C1N/C(=N\N=C\c2ccccc2OCc2ccccc2)SC1Cc1cccc(Cl)c1. The first-order valence-electron chi connectivity index (χ1n) is 9.76. The van der Waals surface area contributed by atoms with Crippen LogP contribution >= 0.6 is 23.4 Å². The van der Waals surface area contributed by atoms with Crippen LogP contribution in [0.5, 0.6) is 5.75 Å². The van der Waals surface area contributed by atoms with E-state index >= 15 is 0 Å². The average Bonchev–Trinajstić information content (AvgIpc) is 3.12. The van der Waals surface area contributed by atoms with Crippen LogP contribution < -0.4 is 10.1 Å². The minimum Gasteiger partial charge on any atom is -0.488 e. The Hall–Kier alpha value is -3.09. The molecule has 0 radical (unpaired) electrons. The first-order chi connectivity index (χ1) is 15.2. The summed E-state index contributed by atoms with van der Waals surface area (Å²) in [6.07, 6.45) is 2.21. The van der Waals surface area contributed by atoms with Crippen LogP contribution in [0.4, 0.5) is 0 Å². The van der Waals surface area contributed by atoms with Crippen molar-refractivity contribution in [3.8, 4) is 5.75 Å². The molecule has 1 unspecified atom stereocenters. The molecule has 1 fully saturated rings. The smallest absolute Gasteiger partial charge is 0.239 e. The van der Waals surface area contributed by atoms with Gasteiger partial charge in [0.05, 0.1) is 11.5 Å². The maximum atomic E-state index is 12.3. The second-order valence-corrected chi connectivity index (χ2v) is 8.52. The second-order valence-electron chi connectivity index (χ2n) is 6.89. The molecular weight excluding hydrogens is 430 g/mol. The second kappa shape index (κ2) is 10.3. The van der Waals surface area contributed by atoms with Gasteiger partial charge in [-0.15, -0.1) is 5.10 Å². The summed E-state index contributed by atoms with van der Waals surface area (Å²) in [5, 5.41) is 12.0. The van der Waals surface area contributed by atoms with Crippen LogP contribution in [0.25, 0.3) is 0 Å². The number of para-hydroxylation sites is 1. The van der Waals surface area contributed by atoms with Gasteiger partial charge in [0.15, 0.2) is 5.17 Å². The van der Waals surface area contributed by atoms with E-state index in [1.807, 2.05) is 78.9 Å². The molecule has 1 aliphatic rings. The molecule has 0 saturated carbocycles. The molecule has 1 atom stereocenters. The van der Waals surface area contributed by atoms with Crippen molar-refractivity contribution in [1.29, 1.82) is 0 Å². The average molecular weight is 450 g/mol. The molecule has 1 saturated heterocycles. The molecule has 156 valence electrons. The van der Waals surface area contributed by atoms with Gasteiger partial charge in [0, 0.05) is 10.6 Å². The van der Waals surface area contributed by atoms with Crippen LogP contribution in [-0.4, -0.2) is 22.5 Å². The standard InChI is InChI=1S/C24H20ClN3O2S/c25-20-11-6-9-18(13-20)14-22-23(29)27-24(31-22)28-26-15-19-10-4-5-12-21(19)30-16-17-7-2-1-3-8-17/h1-13,15,22H,14,16H2,(H,27,28,29)/b26-15+. The van der Waals surface area contributed by atoms with Crippen LogP contribution in [0.2, 0.25) is 5.02 Å². The van der Waals surface area contributed by atoms with E-state index in [2.05, 4.69) is 15.5 Å². The molecule has 0 aliphatic carbocycles. The quantitative estimate of drug-likeness (QED) is 0.404. The highest BCUT2D eigenvalue weighted by molar-refractivity contribution is 8.15. The molecule has 1 heterocycles. The fourth-order valence-electron chi connectivity index (χ4n) is 3.06. The summed E-state index contributed by atoms with van der Waals surface area (Å²) in [6, 6.07) is 25.1. The van der Waals surface area contributed by atoms with E-state index in [-0.39, 0.29) is 11.2 Å². The summed E-state index contributed by atoms with van der Waals surface area (Å²) < 4.78 is 5.93. The maximum Gasteiger partial charge on any atom is 0.239 e. The van der Waals surface area contributed by atoms with Crippen molar-refractivity contribution in [2.75, 3.05) is 0 Å². The number of halogens is 1. The van der Waals surface area contributed by atoms with E-state index in [0.29, 0.717) is 23.2 Å². The van der Waals surface area contributed by atoms with E-state index in [1.165, 1.54) is 11.8 Å². The van der Waals surface area contributed by atoms with Gasteiger partial charge in [-0.25, -0.2) is 0 Å². The molecule has 1 amide bonds. The number of amidine groups is 1. The van der Waals surface area contributed by atoms with Crippen LogP contribution in [0.3, 0.4) is 0 Å². The molecule has 7 heteroatoms. The molecule has 1 aliphatic heterocycles. The van der Waals surface area contributed by atoms with E-state index < -0.39 is 0 Å². The summed E-state index contributed by atoms with van der Waals surface area (Å²) in [6.45, 7) is 0.470. The van der Waals surface area contributed by atoms with Gasteiger partial charge in [0.25, 0.3) is 0 Å². The van der Waals surface area contributed by atoms with Gasteiger partial charge < -0.3 is 10.1 Å². The van der Waals surface area contributed by atoms with Crippen molar-refractivity contribution in [2.24, 2.45) is 10.2 Å². The van der Waals surface area contributed by atoms with Crippen molar-refractivity contribution >= 4 is 40.7 Å². The summed E-state index contributed by atoms with van der Waals surface area (Å²) in [5.74, 6) is 0.641. The van der Waals surface area contributed by atoms with Crippen LogP contribution in [0, 0.1) is 0 Å². The van der Waals surface area contributed by atoms with Gasteiger partial charge in [0.1, 0.15) is 12.4 Å². The third-order valence-electron chi connectivity index (χ3n) is 4.59. The molecule has 0 aromatic heterocycles. The zero-order chi connectivity index (χ0) is 21.5. The topological polar surface area (TPSA) is 63.0 Å². The first kappa shape index (κ1) is 21.2. The minimum atomic E-state index is -0.256. The van der Waals surface area contributed by atoms with Crippen molar-refractivity contribution in [1.82, 2.24) is 5.32 Å². The molecule has 1 N–H and O–H groups in total. The minimum absolute atomic E-state index is 0.0782. The lowest BCUT2D eigenvalue weighted by Crippen LogP contribution is -2.25. The predicted octanol–water partition coefficient (Wildman–Crippen LogP) is 5.08. The fraction of sp³-hybridized carbons (Fsp3) is 0.125. The summed E-state index contributed by atoms with van der Waals surface area (Å²) in [5.41, 5.74) is 2.91. The zero-order valence-corrected chi connectivity index (χ0v) is 18.1. The third-order valence-corrected chi connectivity index (χ3v) is 5.90. The number of amides is 1. The fourth-order valence-corrected chi connectivity index (χ4v) is 4.24. The molecule has 5 nitrogen and oxygen atoms in total. The molecule has 3 aromatic rings. The van der Waals surface area contributed by atoms with Gasteiger partial charge in [-0.1, -0.05) is 78.0 Å². The molecule has 0 spiro atoms. The Bertz CT molecular complexity index is 1120. The molecule has 3 aromatic carbocycles. The number of rotatable bonds is 7. The number of thioether (sulfide) groups is 1. The lowest BCUT2D eigenvalue weighted by Gasteiger charge is -2.08. The Morgan fingerprint density at radius 1 is 1.00 bits per heavy atom. The van der Waals surface area contributed by atoms with Gasteiger partial charge in [0.2, 0.25) is 5.91 Å². The Kier molecular flexibility index (Phi) is 7.02. The van der Waals surface area contributed by atoms with Crippen LogP contribution in [0.1, 0.15) is 16.7 Å². The van der Waals surface area contributed by atoms with Crippen molar-refractivity contribution in [3.63, 3.8) is 0 Å². The highest BCUT2D eigenvalue weighted by Crippen LogP contribution is 2.24. The number of hydrogen-bond acceptors (Lipinski definition) is 5. The monoisotopic (exact) mass is 449 g/mol. The highest BCUT2D eigenvalue weighted by Gasteiger charge is 2.30. The van der Waals surface area contributed by atoms with Crippen LogP contribution in [-0.2, 0) is 17.8 Å². The van der Waals surface area contributed by atoms with E-state index in [1.54, 1.807) is 6.21 Å². The summed E-state index contributed by atoms with van der Waals surface area (Å²) >= 11 is 7.40.